The van der Waals surface area contributed by atoms with E-state index in [1.807, 2.05) is 43.5 Å². The van der Waals surface area contributed by atoms with Crippen molar-refractivity contribution in [2.45, 2.75) is 45.8 Å². The number of amides is 1. The van der Waals surface area contributed by atoms with Gasteiger partial charge in [-0.05, 0) is 45.4 Å². The van der Waals surface area contributed by atoms with E-state index < -0.39 is 0 Å². The first-order valence-corrected chi connectivity index (χ1v) is 11.6. The van der Waals surface area contributed by atoms with Gasteiger partial charge in [-0.15, -0.1) is 10.2 Å². The highest BCUT2D eigenvalue weighted by Gasteiger charge is 2.17. The van der Waals surface area contributed by atoms with Crippen LogP contribution in [0, 0.1) is 20.8 Å². The standard InChI is InChI=1S/C22H25N9OS/c1-5-10-30-20(17-6-8-23-9-7-17)27-28-22(30)33-13-19(32)26-18-12-16(4)29-31(18)21-24-14(2)11-15(3)25-21/h6-9,11-12H,5,10,13H2,1-4H3,(H,26,32). The highest BCUT2D eigenvalue weighted by Crippen LogP contribution is 2.24. The van der Waals surface area contributed by atoms with E-state index in [0.29, 0.717) is 16.9 Å². The Hall–Kier alpha value is -3.60. The second kappa shape index (κ2) is 9.90. The molecule has 0 saturated carbocycles. The Bertz CT molecular complexity index is 1250. The number of thioether (sulfide) groups is 1. The summed E-state index contributed by atoms with van der Waals surface area (Å²) in [5.41, 5.74) is 3.36. The van der Waals surface area contributed by atoms with Gasteiger partial charge in [0.05, 0.1) is 11.4 Å². The van der Waals surface area contributed by atoms with Crippen LogP contribution in [0.4, 0.5) is 5.82 Å². The van der Waals surface area contributed by atoms with Crippen molar-refractivity contribution >= 4 is 23.5 Å². The number of aromatic nitrogens is 8. The van der Waals surface area contributed by atoms with Gasteiger partial charge < -0.3 is 9.88 Å². The summed E-state index contributed by atoms with van der Waals surface area (Å²) >= 11 is 1.34. The number of carbonyl (C=O) groups excluding carboxylic acids is 1. The maximum absolute atomic E-state index is 12.8. The van der Waals surface area contributed by atoms with Crippen LogP contribution < -0.4 is 5.32 Å². The summed E-state index contributed by atoms with van der Waals surface area (Å²) in [7, 11) is 0. The van der Waals surface area contributed by atoms with E-state index in [0.717, 1.165) is 41.4 Å². The lowest BCUT2D eigenvalue weighted by Crippen LogP contribution is -2.18. The molecule has 0 radical (unpaired) electrons. The minimum atomic E-state index is -0.179. The number of anilines is 1. The Morgan fingerprint density at radius 1 is 1.03 bits per heavy atom. The number of nitrogens with zero attached hydrogens (tertiary/aromatic N) is 8. The zero-order valence-corrected chi connectivity index (χ0v) is 19.8. The molecular weight excluding hydrogens is 438 g/mol. The topological polar surface area (TPSA) is 116 Å². The van der Waals surface area contributed by atoms with Gasteiger partial charge in [-0.25, -0.2) is 9.97 Å². The maximum atomic E-state index is 12.8. The van der Waals surface area contributed by atoms with E-state index in [9.17, 15) is 4.79 Å². The molecule has 0 atom stereocenters. The van der Waals surface area contributed by atoms with Crippen LogP contribution in [0.15, 0.2) is 41.8 Å². The molecule has 0 spiro atoms. The fourth-order valence-electron chi connectivity index (χ4n) is 3.39. The summed E-state index contributed by atoms with van der Waals surface area (Å²) in [5.74, 6) is 1.71. The quantitative estimate of drug-likeness (QED) is 0.395. The van der Waals surface area contributed by atoms with E-state index in [4.69, 9.17) is 0 Å². The maximum Gasteiger partial charge on any atom is 0.252 e. The van der Waals surface area contributed by atoms with Gasteiger partial charge in [0.1, 0.15) is 5.82 Å². The third kappa shape index (κ3) is 5.25. The minimum Gasteiger partial charge on any atom is -0.310 e. The Kier molecular flexibility index (Phi) is 6.78. The molecule has 170 valence electrons. The molecule has 4 heterocycles. The van der Waals surface area contributed by atoms with Gasteiger partial charge in [-0.1, -0.05) is 18.7 Å². The normalized spacial score (nSPS) is 11.0. The number of hydrogen-bond acceptors (Lipinski definition) is 8. The predicted molar refractivity (Wildman–Crippen MR) is 126 cm³/mol. The smallest absolute Gasteiger partial charge is 0.252 e. The second-order valence-electron chi connectivity index (χ2n) is 7.56. The van der Waals surface area contributed by atoms with Crippen molar-refractivity contribution in [3.8, 4) is 17.3 Å². The first kappa shape index (κ1) is 22.6. The molecule has 0 bridgehead atoms. The number of aryl methyl sites for hydroxylation is 3. The molecule has 10 nitrogen and oxygen atoms in total. The third-order valence-corrected chi connectivity index (χ3v) is 5.66. The molecule has 1 N–H and O–H groups in total. The molecule has 0 aliphatic rings. The Morgan fingerprint density at radius 3 is 2.45 bits per heavy atom. The van der Waals surface area contributed by atoms with Gasteiger partial charge >= 0.3 is 0 Å². The van der Waals surface area contributed by atoms with E-state index in [2.05, 4.69) is 42.5 Å². The summed E-state index contributed by atoms with van der Waals surface area (Å²) in [4.78, 5) is 25.7. The van der Waals surface area contributed by atoms with Crippen molar-refractivity contribution in [3.63, 3.8) is 0 Å². The van der Waals surface area contributed by atoms with E-state index in [1.165, 1.54) is 11.8 Å². The molecule has 0 aliphatic carbocycles. The van der Waals surface area contributed by atoms with Crippen molar-refractivity contribution in [2.24, 2.45) is 0 Å². The lowest BCUT2D eigenvalue weighted by molar-refractivity contribution is -0.113. The predicted octanol–water partition coefficient (Wildman–Crippen LogP) is 3.38. The van der Waals surface area contributed by atoms with Gasteiger partial charge in [0.2, 0.25) is 5.91 Å². The largest absolute Gasteiger partial charge is 0.310 e. The van der Waals surface area contributed by atoms with Crippen LogP contribution >= 0.6 is 11.8 Å². The molecular formula is C22H25N9OS. The number of nitrogens with one attached hydrogen (secondary N) is 1. The average molecular weight is 464 g/mol. The number of rotatable bonds is 8. The van der Waals surface area contributed by atoms with Crippen molar-refractivity contribution in [2.75, 3.05) is 11.1 Å². The van der Waals surface area contributed by atoms with Crippen LogP contribution in [-0.2, 0) is 11.3 Å². The molecule has 0 aliphatic heterocycles. The lowest BCUT2D eigenvalue weighted by Gasteiger charge is -2.10. The van der Waals surface area contributed by atoms with E-state index in [-0.39, 0.29) is 11.7 Å². The zero-order valence-electron chi connectivity index (χ0n) is 19.0. The fourth-order valence-corrected chi connectivity index (χ4v) is 4.15. The van der Waals surface area contributed by atoms with Crippen molar-refractivity contribution in [3.05, 3.63) is 53.7 Å². The molecule has 33 heavy (non-hydrogen) atoms. The van der Waals surface area contributed by atoms with Crippen LogP contribution in [0.5, 0.6) is 0 Å². The molecule has 11 heteroatoms. The average Bonchev–Trinajstić information content (AvgIpc) is 3.35. The summed E-state index contributed by atoms with van der Waals surface area (Å²) in [6, 6.07) is 7.48. The molecule has 4 rings (SSSR count). The highest BCUT2D eigenvalue weighted by molar-refractivity contribution is 7.99. The van der Waals surface area contributed by atoms with E-state index in [1.54, 1.807) is 23.1 Å². The van der Waals surface area contributed by atoms with Crippen LogP contribution in [0.1, 0.15) is 30.4 Å². The summed E-state index contributed by atoms with van der Waals surface area (Å²) in [6.07, 6.45) is 4.38. The van der Waals surface area contributed by atoms with Gasteiger partial charge in [-0.3, -0.25) is 9.78 Å². The van der Waals surface area contributed by atoms with Crippen molar-refractivity contribution in [1.82, 2.24) is 39.5 Å². The molecule has 0 saturated heterocycles. The Labute approximate surface area is 195 Å². The van der Waals surface area contributed by atoms with Crippen molar-refractivity contribution < 1.29 is 4.79 Å². The minimum absolute atomic E-state index is 0.177. The van der Waals surface area contributed by atoms with Crippen LogP contribution in [0.25, 0.3) is 17.3 Å². The first-order chi connectivity index (χ1) is 15.9. The zero-order chi connectivity index (χ0) is 23.4. The molecule has 0 aromatic carbocycles. The van der Waals surface area contributed by atoms with Gasteiger partial charge in [-0.2, -0.15) is 9.78 Å². The monoisotopic (exact) mass is 463 g/mol. The van der Waals surface area contributed by atoms with Crippen LogP contribution in [0.2, 0.25) is 0 Å². The second-order valence-corrected chi connectivity index (χ2v) is 8.51. The summed E-state index contributed by atoms with van der Waals surface area (Å²) in [5, 5.41) is 16.7. The fraction of sp³-hybridized carbons (Fsp3) is 0.318. The SMILES string of the molecule is CCCn1c(SCC(=O)Nc2cc(C)nn2-c2nc(C)cc(C)n2)nnc1-c1ccncc1. The molecule has 4 aromatic rings. The molecule has 0 unspecified atom stereocenters. The first-order valence-electron chi connectivity index (χ1n) is 10.6. The lowest BCUT2D eigenvalue weighted by atomic mass is 10.2. The Morgan fingerprint density at radius 2 is 1.76 bits per heavy atom. The third-order valence-electron chi connectivity index (χ3n) is 4.69. The van der Waals surface area contributed by atoms with Gasteiger partial charge in [0.25, 0.3) is 5.95 Å². The van der Waals surface area contributed by atoms with Gasteiger partial charge in [0.15, 0.2) is 11.0 Å². The molecule has 4 aromatic heterocycles. The van der Waals surface area contributed by atoms with Crippen molar-refractivity contribution in [1.29, 1.82) is 0 Å². The molecule has 0 fully saturated rings. The summed E-state index contributed by atoms with van der Waals surface area (Å²) < 4.78 is 3.59. The van der Waals surface area contributed by atoms with Gasteiger partial charge in [0, 0.05) is 42.0 Å². The molecule has 1 amide bonds. The number of carbonyl (C=O) groups is 1. The number of hydrogen-bond donors (Lipinski definition) is 1. The number of pyridine rings is 1. The van der Waals surface area contributed by atoms with E-state index >= 15 is 0 Å². The highest BCUT2D eigenvalue weighted by atomic mass is 32.2. The summed E-state index contributed by atoms with van der Waals surface area (Å²) in [6.45, 7) is 8.50. The Balaban J connectivity index is 1.49. The van der Waals surface area contributed by atoms with Crippen LogP contribution in [0.3, 0.4) is 0 Å². The van der Waals surface area contributed by atoms with Crippen LogP contribution in [-0.4, -0.2) is 51.2 Å².